The van der Waals surface area contributed by atoms with Crippen molar-refractivity contribution in [2.75, 3.05) is 27.3 Å². The monoisotopic (exact) mass is 798 g/mol. The van der Waals surface area contributed by atoms with Crippen LogP contribution in [0.2, 0.25) is 0 Å². The number of fused-ring (bicyclic) bond motifs is 2. The van der Waals surface area contributed by atoms with Gasteiger partial charge in [-0.25, -0.2) is 29.5 Å². The van der Waals surface area contributed by atoms with Crippen LogP contribution in [0, 0.1) is 11.8 Å². The summed E-state index contributed by atoms with van der Waals surface area (Å²) >= 11 is 0. The Morgan fingerprint density at radius 2 is 1.29 bits per heavy atom. The molecule has 3 aliphatic heterocycles. The lowest BCUT2D eigenvalue weighted by molar-refractivity contribution is -0.136. The third kappa shape index (κ3) is 7.99. The van der Waals surface area contributed by atoms with Crippen molar-refractivity contribution in [3.63, 3.8) is 0 Å². The number of amides is 4. The van der Waals surface area contributed by atoms with Crippen molar-refractivity contribution in [3.05, 3.63) is 48.4 Å². The van der Waals surface area contributed by atoms with Gasteiger partial charge in [-0.3, -0.25) is 9.59 Å². The molecule has 3 aromatic heterocycles. The summed E-state index contributed by atoms with van der Waals surface area (Å²) in [5, 5.41) is 5.44. The molecule has 58 heavy (non-hydrogen) atoms. The molecule has 7 rings (SSSR count). The van der Waals surface area contributed by atoms with Crippen LogP contribution in [-0.2, 0) is 19.1 Å². The number of carbonyl (C=O) groups is 4. The van der Waals surface area contributed by atoms with Crippen LogP contribution in [0.5, 0.6) is 23.3 Å². The quantitative estimate of drug-likeness (QED) is 0.114. The first-order valence-electron chi connectivity index (χ1n) is 19.8. The lowest BCUT2D eigenvalue weighted by Crippen LogP contribution is -2.51. The Bertz CT molecular complexity index is 2000. The predicted molar refractivity (Wildman–Crippen MR) is 209 cm³/mol. The molecule has 0 radical (unpaired) electrons. The molecule has 6 heterocycles. The third-order valence-corrected chi connectivity index (χ3v) is 11.4. The highest BCUT2D eigenvalue weighted by molar-refractivity contribution is 5.87. The molecule has 0 aliphatic carbocycles. The van der Waals surface area contributed by atoms with E-state index in [2.05, 4.69) is 40.5 Å². The second kappa shape index (κ2) is 17.1. The molecule has 1 aromatic carbocycles. The van der Waals surface area contributed by atoms with Crippen molar-refractivity contribution in [3.8, 4) is 45.9 Å². The van der Waals surface area contributed by atoms with Gasteiger partial charge in [0.2, 0.25) is 11.8 Å². The Morgan fingerprint density at radius 1 is 0.759 bits per heavy atom. The number of H-pyrrole nitrogens is 2. The number of aromatic amines is 2. The number of likely N-dealkylation sites (tertiary alicyclic amines) is 2. The van der Waals surface area contributed by atoms with E-state index in [9.17, 15) is 19.2 Å². The highest BCUT2D eigenvalue weighted by Crippen LogP contribution is 2.45. The van der Waals surface area contributed by atoms with Crippen LogP contribution in [0.3, 0.4) is 0 Å². The number of methoxy groups -OCH3 is 2. The molecule has 4 N–H and O–H groups in total. The number of hydrogen-bond donors (Lipinski definition) is 4. The number of hydrogen-bond acceptors (Lipinski definition) is 12. The summed E-state index contributed by atoms with van der Waals surface area (Å²) < 4.78 is 21.9. The molecule has 0 unspecified atom stereocenters. The minimum atomic E-state index is -0.723. The summed E-state index contributed by atoms with van der Waals surface area (Å²) in [5.74, 6) is 2.01. The fourth-order valence-electron chi connectivity index (χ4n) is 7.69. The van der Waals surface area contributed by atoms with Gasteiger partial charge in [0.1, 0.15) is 29.4 Å². The lowest BCUT2D eigenvalue weighted by atomic mass is 9.97. The van der Waals surface area contributed by atoms with E-state index in [1.165, 1.54) is 14.2 Å². The van der Waals surface area contributed by atoms with E-state index in [1.807, 2.05) is 39.8 Å². The van der Waals surface area contributed by atoms with Crippen LogP contribution in [-0.4, -0.2) is 103 Å². The van der Waals surface area contributed by atoms with Crippen molar-refractivity contribution < 1.29 is 38.1 Å². The molecule has 3 aliphatic rings. The molecule has 18 heteroatoms. The summed E-state index contributed by atoms with van der Waals surface area (Å²) in [5.41, 5.74) is 2.58. The zero-order valence-electron chi connectivity index (χ0n) is 33.5. The Hall–Kier alpha value is -6.20. The Labute approximate surface area is 335 Å². The summed E-state index contributed by atoms with van der Waals surface area (Å²) in [4.78, 5) is 80.4. The number of rotatable bonds is 12. The van der Waals surface area contributed by atoms with Crippen LogP contribution in [0.15, 0.2) is 36.8 Å². The van der Waals surface area contributed by atoms with E-state index in [4.69, 9.17) is 18.9 Å². The molecular weight excluding hydrogens is 749 g/mol. The smallest absolute Gasteiger partial charge is 0.407 e. The standard InChI is InChI=1S/C40H50N10O8/c1-7-21(3)31(47-39(53)55-5)37(51)49-15-9-11-27(49)33-41-18-24(44-33)23-13-14-29-30(17-23)58-35-36(57-29)46-26(20-43-35)25-19-42-34(45-25)28-12-10-16-50(28)38(52)32(22(4)8-2)48-40(54)56-6/h13-14,17-22,27-28,31-32H,7-12,15-16H2,1-6H3,(H,41,44)(H,42,45)(H,47,53)(H,48,54)/t21-,22-,27-,28-,31-,32-/m0/s1. The first kappa shape index (κ1) is 40.0. The van der Waals surface area contributed by atoms with Gasteiger partial charge in [0.15, 0.2) is 11.5 Å². The van der Waals surface area contributed by atoms with Gasteiger partial charge in [-0.2, -0.15) is 0 Å². The fourth-order valence-corrected chi connectivity index (χ4v) is 7.69. The second-order valence-electron chi connectivity index (χ2n) is 15.0. The molecule has 2 saturated heterocycles. The van der Waals surface area contributed by atoms with Gasteiger partial charge >= 0.3 is 12.2 Å². The van der Waals surface area contributed by atoms with Crippen LogP contribution in [0.4, 0.5) is 9.59 Å². The molecule has 4 aromatic rings. The minimum absolute atomic E-state index is 0.0863. The van der Waals surface area contributed by atoms with E-state index in [-0.39, 0.29) is 47.5 Å². The van der Waals surface area contributed by atoms with Crippen LogP contribution < -0.4 is 20.1 Å². The number of ether oxygens (including phenoxy) is 4. The van der Waals surface area contributed by atoms with Crippen molar-refractivity contribution in [1.29, 1.82) is 0 Å². The highest BCUT2D eigenvalue weighted by atomic mass is 16.6. The third-order valence-electron chi connectivity index (χ3n) is 11.4. The first-order valence-corrected chi connectivity index (χ1v) is 19.8. The van der Waals surface area contributed by atoms with E-state index >= 15 is 0 Å². The first-order chi connectivity index (χ1) is 28.0. The average molecular weight is 799 g/mol. The van der Waals surface area contributed by atoms with Gasteiger partial charge in [0, 0.05) is 18.7 Å². The maximum atomic E-state index is 13.7. The molecule has 6 atom stereocenters. The fraction of sp³-hybridized carbons (Fsp3) is 0.500. The van der Waals surface area contributed by atoms with Crippen molar-refractivity contribution in [2.45, 2.75) is 90.4 Å². The number of aromatic nitrogens is 6. The van der Waals surface area contributed by atoms with Crippen LogP contribution in [0.25, 0.3) is 22.6 Å². The minimum Gasteiger partial charge on any atom is -0.453 e. The molecule has 0 spiro atoms. The largest absolute Gasteiger partial charge is 0.453 e. The van der Waals surface area contributed by atoms with Gasteiger partial charge in [-0.1, -0.05) is 40.5 Å². The van der Waals surface area contributed by atoms with E-state index in [0.717, 1.165) is 30.5 Å². The summed E-state index contributed by atoms with van der Waals surface area (Å²) in [7, 11) is 2.56. The zero-order valence-corrected chi connectivity index (χ0v) is 33.5. The number of nitrogens with one attached hydrogen (secondary N) is 4. The lowest BCUT2D eigenvalue weighted by Gasteiger charge is -2.30. The molecule has 0 bridgehead atoms. The molecular formula is C40H50N10O8. The number of alkyl carbamates (subject to hydrolysis) is 2. The van der Waals surface area contributed by atoms with Crippen LogP contribution >= 0.6 is 0 Å². The Morgan fingerprint density at radius 3 is 1.84 bits per heavy atom. The maximum Gasteiger partial charge on any atom is 0.407 e. The van der Waals surface area contributed by atoms with Gasteiger partial charge in [-0.15, -0.1) is 0 Å². The number of benzene rings is 1. The average Bonchev–Trinajstić information content (AvgIpc) is 4.09. The number of carbonyl (C=O) groups excluding carboxylic acids is 4. The van der Waals surface area contributed by atoms with Crippen molar-refractivity contribution >= 4 is 24.0 Å². The second-order valence-corrected chi connectivity index (χ2v) is 15.0. The van der Waals surface area contributed by atoms with Gasteiger partial charge in [0.25, 0.3) is 11.8 Å². The number of nitrogens with zero attached hydrogens (tertiary/aromatic N) is 6. The van der Waals surface area contributed by atoms with Gasteiger partial charge < -0.3 is 49.3 Å². The maximum absolute atomic E-state index is 13.7. The van der Waals surface area contributed by atoms with Crippen molar-refractivity contribution in [1.82, 2.24) is 50.3 Å². The van der Waals surface area contributed by atoms with Gasteiger partial charge in [-0.05, 0) is 55.7 Å². The molecule has 308 valence electrons. The molecule has 18 nitrogen and oxygen atoms in total. The molecule has 2 fully saturated rings. The molecule has 0 saturated carbocycles. The summed E-state index contributed by atoms with van der Waals surface area (Å²) in [6.07, 6.45) is 8.11. The van der Waals surface area contributed by atoms with Crippen LogP contribution in [0.1, 0.15) is 90.0 Å². The summed E-state index contributed by atoms with van der Waals surface area (Å²) in [6.45, 7) is 8.91. The highest BCUT2D eigenvalue weighted by Gasteiger charge is 2.40. The van der Waals surface area contributed by atoms with E-state index < -0.39 is 24.3 Å². The topological polar surface area (TPSA) is 219 Å². The summed E-state index contributed by atoms with van der Waals surface area (Å²) in [6, 6.07) is 3.47. The number of imidazole rings is 2. The van der Waals surface area contributed by atoms with Crippen molar-refractivity contribution in [2.24, 2.45) is 11.8 Å². The van der Waals surface area contributed by atoms with E-state index in [1.54, 1.807) is 34.5 Å². The van der Waals surface area contributed by atoms with Gasteiger partial charge in [0.05, 0.1) is 56.3 Å². The zero-order chi connectivity index (χ0) is 41.1. The molecule has 4 amide bonds. The Balaban J connectivity index is 1.03. The normalized spacial score (nSPS) is 19.1. The Kier molecular flexibility index (Phi) is 11.8. The van der Waals surface area contributed by atoms with E-state index in [0.29, 0.717) is 66.9 Å². The predicted octanol–water partition coefficient (Wildman–Crippen LogP) is 6.02. The SMILES string of the molecule is CC[C@H](C)[C@H](NC(=O)OC)C(=O)N1CCC[C@H]1c1ncc(-c2ccc3c(c2)Oc2ncc(-c4cnc([C@@H]5CCCN5C(=O)[C@@H](NC(=O)OC)[C@@H](C)CC)[nH]4)nc2O3)[nH]1.